The third-order valence-electron chi connectivity index (χ3n) is 4.68. The summed E-state index contributed by atoms with van der Waals surface area (Å²) in [6.07, 6.45) is 0.978. The first-order valence-electron chi connectivity index (χ1n) is 8.69. The van der Waals surface area contributed by atoms with E-state index >= 15 is 0 Å². The fourth-order valence-corrected chi connectivity index (χ4v) is 3.42. The van der Waals surface area contributed by atoms with Gasteiger partial charge in [-0.25, -0.2) is 9.59 Å². The highest BCUT2D eigenvalue weighted by Crippen LogP contribution is 2.30. The van der Waals surface area contributed by atoms with Gasteiger partial charge in [0.1, 0.15) is 11.3 Å². The number of esters is 1. The Kier molecular flexibility index (Phi) is 4.72. The van der Waals surface area contributed by atoms with E-state index < -0.39 is 17.7 Å². The van der Waals surface area contributed by atoms with Crippen LogP contribution >= 0.6 is 11.6 Å². The molecule has 0 aliphatic carbocycles. The minimum atomic E-state index is -0.526. The molecule has 1 saturated heterocycles. The quantitative estimate of drug-likeness (QED) is 0.377. The third-order valence-corrected chi connectivity index (χ3v) is 4.93. The number of carbonyl (C=O) groups is 1. The van der Waals surface area contributed by atoms with Gasteiger partial charge in [0.2, 0.25) is 0 Å². The molecule has 0 spiro atoms. The normalized spacial score (nSPS) is 16.6. The van der Waals surface area contributed by atoms with Crippen molar-refractivity contribution in [2.24, 2.45) is 0 Å². The monoisotopic (exact) mass is 384 g/mol. The zero-order chi connectivity index (χ0) is 19.0. The van der Waals surface area contributed by atoms with Crippen LogP contribution in [0.15, 0.2) is 51.7 Å². The molecule has 3 aromatic rings. The first-order valence-corrected chi connectivity index (χ1v) is 9.07. The average Bonchev–Trinajstić information content (AvgIpc) is 3.18. The van der Waals surface area contributed by atoms with Crippen molar-refractivity contribution >= 4 is 28.5 Å². The first-order chi connectivity index (χ1) is 13.0. The molecule has 6 heteroatoms. The summed E-state index contributed by atoms with van der Waals surface area (Å²) in [7, 11) is 0. The molecule has 1 atom stereocenters. The largest absolute Gasteiger partial charge is 0.424 e. The molecule has 5 nitrogen and oxygen atoms in total. The smallest absolute Gasteiger partial charge is 0.344 e. The molecule has 4 rings (SSSR count). The number of fused-ring (bicyclic) bond motifs is 1. The van der Waals surface area contributed by atoms with Crippen molar-refractivity contribution in [1.29, 1.82) is 0 Å². The van der Waals surface area contributed by atoms with Gasteiger partial charge in [0.05, 0.1) is 5.56 Å². The summed E-state index contributed by atoms with van der Waals surface area (Å²) in [4.78, 5) is 24.7. The highest BCUT2D eigenvalue weighted by atomic mass is 35.5. The Bertz CT molecular complexity index is 1060. The van der Waals surface area contributed by atoms with Crippen LogP contribution in [-0.2, 0) is 9.53 Å². The lowest BCUT2D eigenvalue weighted by atomic mass is 10.00. The topological polar surface area (TPSA) is 65.7 Å². The lowest BCUT2D eigenvalue weighted by molar-refractivity contribution is -0.144. The van der Waals surface area contributed by atoms with Crippen LogP contribution in [-0.4, -0.2) is 18.7 Å². The van der Waals surface area contributed by atoms with Crippen LogP contribution in [0.25, 0.3) is 22.1 Å². The van der Waals surface area contributed by atoms with Crippen molar-refractivity contribution < 1.29 is 18.7 Å². The van der Waals surface area contributed by atoms with Crippen molar-refractivity contribution in [3.63, 3.8) is 0 Å². The summed E-state index contributed by atoms with van der Waals surface area (Å²) in [5.74, 6) is -0.103. The van der Waals surface area contributed by atoms with Crippen LogP contribution in [0.2, 0.25) is 5.02 Å². The molecule has 0 saturated carbocycles. The van der Waals surface area contributed by atoms with E-state index in [0.717, 1.165) is 22.9 Å². The van der Waals surface area contributed by atoms with Crippen molar-refractivity contribution in [2.75, 3.05) is 6.61 Å². The fraction of sp³-hybridized carbons (Fsp3) is 0.238. The van der Waals surface area contributed by atoms with Gasteiger partial charge in [-0.3, -0.25) is 0 Å². The summed E-state index contributed by atoms with van der Waals surface area (Å²) >= 11 is 5.93. The van der Waals surface area contributed by atoms with Crippen molar-refractivity contribution in [1.82, 2.24) is 0 Å². The van der Waals surface area contributed by atoms with Crippen LogP contribution in [0.1, 0.15) is 18.4 Å². The Labute approximate surface area is 160 Å². The van der Waals surface area contributed by atoms with Crippen molar-refractivity contribution in [2.45, 2.75) is 25.9 Å². The summed E-state index contributed by atoms with van der Waals surface area (Å²) in [5, 5.41) is 1.37. The molecule has 2 heterocycles. The van der Waals surface area contributed by atoms with Crippen LogP contribution in [0.4, 0.5) is 0 Å². The van der Waals surface area contributed by atoms with Gasteiger partial charge in [-0.2, -0.15) is 0 Å². The van der Waals surface area contributed by atoms with E-state index in [-0.39, 0.29) is 0 Å². The molecule has 1 aromatic heterocycles. The Hall–Kier alpha value is -2.63. The van der Waals surface area contributed by atoms with E-state index in [1.54, 1.807) is 42.5 Å². The molecule has 138 valence electrons. The van der Waals surface area contributed by atoms with Gasteiger partial charge in [-0.05, 0) is 55.2 Å². The number of aryl methyl sites for hydroxylation is 1. The van der Waals surface area contributed by atoms with Gasteiger partial charge in [-0.1, -0.05) is 23.7 Å². The molecule has 1 unspecified atom stereocenters. The van der Waals surface area contributed by atoms with E-state index in [2.05, 4.69) is 0 Å². The summed E-state index contributed by atoms with van der Waals surface area (Å²) < 4.78 is 16.2. The van der Waals surface area contributed by atoms with Crippen LogP contribution < -0.4 is 10.4 Å². The second-order valence-corrected chi connectivity index (χ2v) is 6.91. The maximum absolute atomic E-state index is 12.6. The molecule has 0 N–H and O–H groups in total. The second kappa shape index (κ2) is 7.18. The molecule has 1 fully saturated rings. The minimum Gasteiger partial charge on any atom is -0.424 e. The molecule has 0 radical (unpaired) electrons. The number of hydrogen-bond acceptors (Lipinski definition) is 5. The minimum absolute atomic E-state index is 0.324. The maximum atomic E-state index is 12.6. The van der Waals surface area contributed by atoms with E-state index in [1.807, 2.05) is 6.92 Å². The van der Waals surface area contributed by atoms with Crippen LogP contribution in [0.3, 0.4) is 0 Å². The highest BCUT2D eigenvalue weighted by Gasteiger charge is 2.25. The van der Waals surface area contributed by atoms with Crippen molar-refractivity contribution in [3.05, 3.63) is 63.5 Å². The highest BCUT2D eigenvalue weighted by molar-refractivity contribution is 6.30. The molecular weight excluding hydrogens is 368 g/mol. The van der Waals surface area contributed by atoms with Crippen molar-refractivity contribution in [3.8, 4) is 16.9 Å². The third kappa shape index (κ3) is 3.48. The SMILES string of the molecule is Cc1c(-c2ccc(Cl)cc2)c(=O)oc2cc(OC(=O)C3CCCO3)ccc12. The van der Waals surface area contributed by atoms with E-state index in [9.17, 15) is 9.59 Å². The van der Waals surface area contributed by atoms with E-state index in [0.29, 0.717) is 34.9 Å². The second-order valence-electron chi connectivity index (χ2n) is 6.48. The molecule has 1 aliphatic rings. The van der Waals surface area contributed by atoms with Crippen LogP contribution in [0.5, 0.6) is 5.75 Å². The predicted octanol–water partition coefficient (Wildman–Crippen LogP) is 4.51. The number of ether oxygens (including phenoxy) is 2. The summed E-state index contributed by atoms with van der Waals surface area (Å²) in [5.41, 5.74) is 1.93. The molecule has 1 aliphatic heterocycles. The lowest BCUT2D eigenvalue weighted by Gasteiger charge is -2.11. The fourth-order valence-electron chi connectivity index (χ4n) is 3.30. The Balaban J connectivity index is 1.71. The van der Waals surface area contributed by atoms with Gasteiger partial charge >= 0.3 is 11.6 Å². The number of benzene rings is 2. The number of halogens is 1. The Morgan fingerprint density at radius 1 is 1.19 bits per heavy atom. The Morgan fingerprint density at radius 2 is 1.96 bits per heavy atom. The van der Waals surface area contributed by atoms with Gasteiger partial charge in [-0.15, -0.1) is 0 Å². The molecule has 2 aromatic carbocycles. The first kappa shape index (κ1) is 17.8. The molecule has 27 heavy (non-hydrogen) atoms. The lowest BCUT2D eigenvalue weighted by Crippen LogP contribution is -2.24. The number of hydrogen-bond donors (Lipinski definition) is 0. The van der Waals surface area contributed by atoms with Gasteiger partial charge in [0.15, 0.2) is 6.10 Å². The molecular formula is C21H17ClO5. The average molecular weight is 385 g/mol. The molecule has 0 amide bonds. The maximum Gasteiger partial charge on any atom is 0.344 e. The zero-order valence-corrected chi connectivity index (χ0v) is 15.4. The summed E-state index contributed by atoms with van der Waals surface area (Å²) in [6.45, 7) is 2.43. The van der Waals surface area contributed by atoms with Gasteiger partial charge in [0.25, 0.3) is 0 Å². The van der Waals surface area contributed by atoms with Gasteiger partial charge in [0, 0.05) is 23.1 Å². The van der Waals surface area contributed by atoms with E-state index in [4.69, 9.17) is 25.5 Å². The van der Waals surface area contributed by atoms with Crippen LogP contribution in [0, 0.1) is 6.92 Å². The predicted molar refractivity (Wildman–Crippen MR) is 102 cm³/mol. The number of carbonyl (C=O) groups excluding carboxylic acids is 1. The van der Waals surface area contributed by atoms with Gasteiger partial charge < -0.3 is 13.9 Å². The Morgan fingerprint density at radius 3 is 2.67 bits per heavy atom. The zero-order valence-electron chi connectivity index (χ0n) is 14.7. The number of rotatable bonds is 3. The summed E-state index contributed by atoms with van der Waals surface area (Å²) in [6, 6.07) is 12.1. The standard InChI is InChI=1S/C21H17ClO5/c1-12-16-9-8-15(26-20(23)17-3-2-10-25-17)11-18(16)27-21(24)19(12)13-4-6-14(22)7-5-13/h4-9,11,17H,2-3,10H2,1H3. The van der Waals surface area contributed by atoms with E-state index in [1.165, 1.54) is 0 Å². The molecule has 0 bridgehead atoms.